The fourth-order valence-corrected chi connectivity index (χ4v) is 4.43. The first-order chi connectivity index (χ1) is 10.6. The highest BCUT2D eigenvalue weighted by molar-refractivity contribution is 6.07. The van der Waals surface area contributed by atoms with Crippen molar-refractivity contribution in [2.24, 2.45) is 16.7 Å². The Morgan fingerprint density at radius 2 is 1.78 bits per heavy atom. The van der Waals surface area contributed by atoms with Gasteiger partial charge in [-0.05, 0) is 72.6 Å². The van der Waals surface area contributed by atoms with E-state index in [9.17, 15) is 4.79 Å². The average Bonchev–Trinajstić information content (AvgIpc) is 2.82. The first-order valence-corrected chi connectivity index (χ1v) is 8.83. The highest BCUT2D eigenvalue weighted by Crippen LogP contribution is 2.65. The van der Waals surface area contributed by atoms with Gasteiger partial charge in [-0.2, -0.15) is 0 Å². The number of ketones is 1. The molecule has 2 nitrogen and oxygen atoms in total. The molecule has 0 spiro atoms. The van der Waals surface area contributed by atoms with E-state index in [0.717, 1.165) is 35.0 Å². The van der Waals surface area contributed by atoms with E-state index in [2.05, 4.69) is 72.1 Å². The molecule has 0 aliphatic heterocycles. The van der Waals surface area contributed by atoms with Crippen molar-refractivity contribution in [2.45, 2.75) is 40.5 Å². The van der Waals surface area contributed by atoms with Crippen molar-refractivity contribution >= 4 is 17.5 Å². The first kappa shape index (κ1) is 16.4. The van der Waals surface area contributed by atoms with Gasteiger partial charge in [0, 0.05) is 5.41 Å². The van der Waals surface area contributed by atoms with Gasteiger partial charge in [-0.25, -0.2) is 0 Å². The number of rotatable bonds is 3. The Morgan fingerprint density at radius 3 is 2.26 bits per heavy atom. The standard InChI is InChI=1S/C21H30NO/c1-7-22(5,6)16-10-8-15(9-11-16)14-17-18-12-13-21(4,19(17)23)20(18,2)3/h8-11,14,18H,7,12-13H2,1-6H3/q+1. The van der Waals surface area contributed by atoms with Crippen LogP contribution in [0.25, 0.3) is 6.08 Å². The summed E-state index contributed by atoms with van der Waals surface area (Å²) < 4.78 is 0.878. The van der Waals surface area contributed by atoms with E-state index in [-0.39, 0.29) is 10.8 Å². The van der Waals surface area contributed by atoms with Gasteiger partial charge in [0.15, 0.2) is 5.78 Å². The van der Waals surface area contributed by atoms with Gasteiger partial charge in [-0.15, -0.1) is 0 Å². The lowest BCUT2D eigenvalue weighted by molar-refractivity contribution is -0.125. The minimum Gasteiger partial charge on any atom is -0.296 e. The molecule has 0 heterocycles. The van der Waals surface area contributed by atoms with Crippen LogP contribution in [-0.4, -0.2) is 26.4 Å². The summed E-state index contributed by atoms with van der Waals surface area (Å²) >= 11 is 0. The molecule has 2 saturated carbocycles. The van der Waals surface area contributed by atoms with E-state index in [1.54, 1.807) is 0 Å². The molecular weight excluding hydrogens is 282 g/mol. The molecule has 2 unspecified atom stereocenters. The molecule has 0 amide bonds. The molecular formula is C21H30NO+. The maximum absolute atomic E-state index is 12.9. The third kappa shape index (κ3) is 2.22. The lowest BCUT2D eigenvalue weighted by Crippen LogP contribution is -2.39. The molecule has 124 valence electrons. The SMILES string of the molecule is CC[N+](C)(C)c1ccc(C=C2C(=O)C3(C)CCC2C3(C)C)cc1. The molecule has 0 saturated heterocycles. The number of allylic oxidation sites excluding steroid dienone is 1. The van der Waals surface area contributed by atoms with Gasteiger partial charge in [-0.3, -0.25) is 9.28 Å². The van der Waals surface area contributed by atoms with Crippen LogP contribution in [0.15, 0.2) is 29.8 Å². The molecule has 1 aromatic carbocycles. The highest BCUT2D eigenvalue weighted by atomic mass is 16.1. The number of fused-ring (bicyclic) bond motifs is 2. The Balaban J connectivity index is 1.93. The lowest BCUT2D eigenvalue weighted by atomic mass is 9.70. The molecule has 0 N–H and O–H groups in total. The van der Waals surface area contributed by atoms with E-state index in [4.69, 9.17) is 0 Å². The lowest BCUT2D eigenvalue weighted by Gasteiger charge is -2.31. The Hall–Kier alpha value is -1.41. The molecule has 2 fully saturated rings. The number of Topliss-reactive ketones (excluding diaryl/α,β-unsaturated/α-hetero) is 1. The number of carbonyl (C=O) groups excluding carboxylic acids is 1. The Morgan fingerprint density at radius 1 is 1.17 bits per heavy atom. The van der Waals surface area contributed by atoms with Gasteiger partial charge in [0.1, 0.15) is 5.69 Å². The number of hydrogen-bond donors (Lipinski definition) is 0. The average molecular weight is 312 g/mol. The predicted octanol–water partition coefficient (Wildman–Crippen LogP) is 4.68. The normalized spacial score (nSPS) is 31.1. The topological polar surface area (TPSA) is 17.1 Å². The van der Waals surface area contributed by atoms with Crippen LogP contribution in [0.3, 0.4) is 0 Å². The minimum atomic E-state index is -0.162. The summed E-state index contributed by atoms with van der Waals surface area (Å²) in [6, 6.07) is 8.71. The molecule has 23 heavy (non-hydrogen) atoms. The van der Waals surface area contributed by atoms with Crippen LogP contribution in [0.2, 0.25) is 0 Å². The third-order valence-electron chi connectivity index (χ3n) is 7.07. The molecule has 2 aliphatic carbocycles. The van der Waals surface area contributed by atoms with Gasteiger partial charge in [0.2, 0.25) is 0 Å². The smallest absolute Gasteiger partial charge is 0.165 e. The quantitative estimate of drug-likeness (QED) is 0.585. The largest absolute Gasteiger partial charge is 0.296 e. The number of nitrogens with zero attached hydrogens (tertiary/aromatic N) is 1. The number of hydrogen-bond acceptors (Lipinski definition) is 1. The molecule has 3 rings (SSSR count). The van der Waals surface area contributed by atoms with Gasteiger partial charge < -0.3 is 0 Å². The van der Waals surface area contributed by atoms with Crippen molar-refractivity contribution in [3.8, 4) is 0 Å². The van der Waals surface area contributed by atoms with Crippen molar-refractivity contribution in [2.75, 3.05) is 20.6 Å². The summed E-state index contributed by atoms with van der Waals surface area (Å²) in [7, 11) is 4.44. The zero-order valence-corrected chi connectivity index (χ0v) is 15.4. The van der Waals surface area contributed by atoms with Crippen molar-refractivity contribution < 1.29 is 4.79 Å². The van der Waals surface area contributed by atoms with Crippen LogP contribution in [0.5, 0.6) is 0 Å². The Bertz CT molecular complexity index is 666. The molecule has 0 aromatic heterocycles. The molecule has 2 atom stereocenters. The van der Waals surface area contributed by atoms with Crippen molar-refractivity contribution in [1.82, 2.24) is 4.48 Å². The monoisotopic (exact) mass is 312 g/mol. The maximum Gasteiger partial charge on any atom is 0.165 e. The van der Waals surface area contributed by atoms with E-state index in [1.807, 2.05) is 0 Å². The molecule has 2 aliphatic rings. The first-order valence-electron chi connectivity index (χ1n) is 8.83. The summed E-state index contributed by atoms with van der Waals surface area (Å²) in [5.41, 5.74) is 3.45. The number of quaternary nitrogens is 1. The second-order valence-electron chi connectivity index (χ2n) is 8.67. The number of carbonyl (C=O) groups is 1. The second kappa shape index (κ2) is 5.04. The van der Waals surface area contributed by atoms with Crippen LogP contribution in [-0.2, 0) is 4.79 Å². The molecule has 2 bridgehead atoms. The maximum atomic E-state index is 12.9. The minimum absolute atomic E-state index is 0.0942. The number of benzene rings is 1. The van der Waals surface area contributed by atoms with Crippen LogP contribution in [0.4, 0.5) is 5.69 Å². The van der Waals surface area contributed by atoms with E-state index in [0.29, 0.717) is 11.7 Å². The molecule has 2 heteroatoms. The molecule has 0 radical (unpaired) electrons. The summed E-state index contributed by atoms with van der Waals surface area (Å²) in [4.78, 5) is 12.9. The fourth-order valence-electron chi connectivity index (χ4n) is 4.43. The Labute approximate surface area is 140 Å². The van der Waals surface area contributed by atoms with Crippen LogP contribution < -0.4 is 4.48 Å². The van der Waals surface area contributed by atoms with E-state index in [1.165, 1.54) is 5.69 Å². The van der Waals surface area contributed by atoms with E-state index < -0.39 is 0 Å². The summed E-state index contributed by atoms with van der Waals surface area (Å²) in [6.07, 6.45) is 4.34. The van der Waals surface area contributed by atoms with Crippen LogP contribution >= 0.6 is 0 Å². The third-order valence-corrected chi connectivity index (χ3v) is 7.07. The van der Waals surface area contributed by atoms with Gasteiger partial charge in [0.05, 0.1) is 20.6 Å². The van der Waals surface area contributed by atoms with Crippen LogP contribution in [0, 0.1) is 16.7 Å². The predicted molar refractivity (Wildman–Crippen MR) is 98.2 cm³/mol. The fraction of sp³-hybridized carbons (Fsp3) is 0.571. The van der Waals surface area contributed by atoms with E-state index >= 15 is 0 Å². The summed E-state index contributed by atoms with van der Waals surface area (Å²) in [6.45, 7) is 9.97. The summed E-state index contributed by atoms with van der Waals surface area (Å²) in [5.74, 6) is 0.801. The zero-order valence-electron chi connectivity index (χ0n) is 15.4. The van der Waals surface area contributed by atoms with Gasteiger partial charge >= 0.3 is 0 Å². The second-order valence-corrected chi connectivity index (χ2v) is 8.67. The van der Waals surface area contributed by atoms with Crippen molar-refractivity contribution in [3.63, 3.8) is 0 Å². The van der Waals surface area contributed by atoms with Crippen molar-refractivity contribution in [1.29, 1.82) is 0 Å². The van der Waals surface area contributed by atoms with Gasteiger partial charge in [0.25, 0.3) is 0 Å². The molecule has 1 aromatic rings. The summed E-state index contributed by atoms with van der Waals surface area (Å²) in [5, 5.41) is 0. The van der Waals surface area contributed by atoms with Gasteiger partial charge in [-0.1, -0.05) is 20.8 Å². The Kier molecular flexibility index (Phi) is 3.61. The van der Waals surface area contributed by atoms with Crippen molar-refractivity contribution in [3.05, 3.63) is 35.4 Å². The van der Waals surface area contributed by atoms with Crippen LogP contribution in [0.1, 0.15) is 46.1 Å². The zero-order chi connectivity index (χ0) is 17.0. The highest BCUT2D eigenvalue weighted by Gasteiger charge is 2.63.